The Balaban J connectivity index is 2.66. The number of thioether (sulfide) groups is 1. The van der Waals surface area contributed by atoms with Crippen molar-refractivity contribution in [1.82, 2.24) is 10.4 Å². The third-order valence-corrected chi connectivity index (χ3v) is 3.15. The lowest BCUT2D eigenvalue weighted by atomic mass is 10.0. The molecule has 2 N–H and O–H groups in total. The van der Waals surface area contributed by atoms with Gasteiger partial charge in [-0.15, -0.1) is 0 Å². The smallest absolute Gasteiger partial charge is 0.432 e. The highest BCUT2D eigenvalue weighted by molar-refractivity contribution is 7.98. The molecule has 10 heteroatoms. The molecule has 1 aliphatic rings. The van der Waals surface area contributed by atoms with Crippen LogP contribution in [0.5, 0.6) is 0 Å². The lowest BCUT2D eigenvalue weighted by Crippen LogP contribution is -2.70. The molecule has 1 fully saturated rings. The van der Waals surface area contributed by atoms with Gasteiger partial charge in [-0.3, -0.25) is 9.63 Å². The molecule has 0 spiro atoms. The van der Waals surface area contributed by atoms with Gasteiger partial charge in [-0.1, -0.05) is 34.8 Å². The zero-order valence-corrected chi connectivity index (χ0v) is 12.3. The summed E-state index contributed by atoms with van der Waals surface area (Å²) in [5, 5.41) is 12.1. The number of β-lactam (4-membered cyclic amide) rings is 1. The van der Waals surface area contributed by atoms with E-state index in [4.69, 9.17) is 44.7 Å². The van der Waals surface area contributed by atoms with Crippen LogP contribution >= 0.6 is 46.6 Å². The Bertz CT molecular complexity index is 339. The molecule has 0 aromatic rings. The van der Waals surface area contributed by atoms with Crippen molar-refractivity contribution in [2.75, 3.05) is 18.6 Å². The summed E-state index contributed by atoms with van der Waals surface area (Å²) in [7, 11) is 0. The third kappa shape index (κ3) is 4.24. The molecule has 1 heterocycles. The van der Waals surface area contributed by atoms with E-state index in [1.165, 1.54) is 11.8 Å². The van der Waals surface area contributed by atoms with Gasteiger partial charge in [0, 0.05) is 5.75 Å². The van der Waals surface area contributed by atoms with Crippen molar-refractivity contribution >= 4 is 58.6 Å². The van der Waals surface area contributed by atoms with Gasteiger partial charge in [-0.2, -0.15) is 16.8 Å². The van der Waals surface area contributed by atoms with E-state index in [-0.39, 0.29) is 6.04 Å². The van der Waals surface area contributed by atoms with Crippen molar-refractivity contribution in [3.8, 4) is 0 Å². The van der Waals surface area contributed by atoms with Gasteiger partial charge >= 0.3 is 6.09 Å². The van der Waals surface area contributed by atoms with Crippen LogP contribution in [-0.2, 0) is 9.63 Å². The highest BCUT2D eigenvalue weighted by Gasteiger charge is 2.47. The molecule has 0 bridgehead atoms. The van der Waals surface area contributed by atoms with E-state index in [2.05, 4.69) is 5.32 Å². The molecule has 0 saturated carbocycles. The second-order valence-corrected chi connectivity index (χ2v) is 6.94. The molecule has 1 rings (SSSR count). The van der Waals surface area contributed by atoms with E-state index in [0.29, 0.717) is 10.8 Å². The van der Waals surface area contributed by atoms with Gasteiger partial charge in [0.25, 0.3) is 0 Å². The summed E-state index contributed by atoms with van der Waals surface area (Å²) in [5.41, 5.74) is 0. The summed E-state index contributed by atoms with van der Waals surface area (Å²) < 4.78 is -1.75. The van der Waals surface area contributed by atoms with Gasteiger partial charge in [0.1, 0.15) is 6.61 Å². The van der Waals surface area contributed by atoms with Gasteiger partial charge in [0.15, 0.2) is 6.04 Å². The molecule has 6 nitrogen and oxygen atoms in total. The average molecular weight is 338 g/mol. The number of carboxylic acid groups (broad SMARTS) is 1. The van der Waals surface area contributed by atoms with E-state index < -0.39 is 28.4 Å². The van der Waals surface area contributed by atoms with Crippen LogP contribution in [0.2, 0.25) is 0 Å². The Morgan fingerprint density at radius 1 is 1.61 bits per heavy atom. The Kier molecular flexibility index (Phi) is 5.67. The number of halogens is 3. The fourth-order valence-corrected chi connectivity index (χ4v) is 2.18. The van der Waals surface area contributed by atoms with Crippen LogP contribution in [0, 0.1) is 0 Å². The number of hydroxylamine groups is 2. The van der Waals surface area contributed by atoms with Crippen LogP contribution in [-0.4, -0.2) is 56.7 Å². The van der Waals surface area contributed by atoms with Crippen LogP contribution in [0.15, 0.2) is 0 Å². The number of amides is 2. The Morgan fingerprint density at radius 2 is 2.22 bits per heavy atom. The van der Waals surface area contributed by atoms with E-state index in [1.54, 1.807) is 0 Å². The van der Waals surface area contributed by atoms with Crippen molar-refractivity contribution in [2.45, 2.75) is 15.9 Å². The van der Waals surface area contributed by atoms with Gasteiger partial charge in [-0.05, 0) is 6.26 Å². The fraction of sp³-hybridized carbons (Fsp3) is 0.750. The van der Waals surface area contributed by atoms with Crippen LogP contribution in [0.4, 0.5) is 4.79 Å². The maximum absolute atomic E-state index is 11.4. The second-order valence-electron chi connectivity index (χ2n) is 3.51. The van der Waals surface area contributed by atoms with Crippen molar-refractivity contribution in [1.29, 1.82) is 0 Å². The number of hydrogen-bond acceptors (Lipinski definition) is 4. The van der Waals surface area contributed by atoms with Crippen molar-refractivity contribution in [3.05, 3.63) is 0 Å². The molecule has 2 amide bonds. The summed E-state index contributed by atoms with van der Waals surface area (Å²) in [4.78, 5) is 27.3. The molecule has 2 unspecified atom stereocenters. The second kappa shape index (κ2) is 6.38. The third-order valence-electron chi connectivity index (χ3n) is 2.13. The van der Waals surface area contributed by atoms with E-state index in [0.717, 1.165) is 0 Å². The maximum Gasteiger partial charge on any atom is 0.432 e. The largest absolute Gasteiger partial charge is 0.463 e. The number of alkyl halides is 3. The predicted molar refractivity (Wildman–Crippen MR) is 70.2 cm³/mol. The number of hydrogen-bond donors (Lipinski definition) is 2. The Hall–Kier alpha value is -0.0800. The molecule has 0 aromatic carbocycles. The molecule has 104 valence electrons. The molecular formula is C8H11Cl3N2O4S. The first-order valence-corrected chi connectivity index (χ1v) is 7.30. The summed E-state index contributed by atoms with van der Waals surface area (Å²) in [6, 6.07) is -1.22. The summed E-state index contributed by atoms with van der Waals surface area (Å²) in [5.74, 6) is 0.137. The van der Waals surface area contributed by atoms with Crippen molar-refractivity contribution in [3.63, 3.8) is 0 Å². The molecule has 2 atom stereocenters. The van der Waals surface area contributed by atoms with Crippen LogP contribution in [0.25, 0.3) is 0 Å². The van der Waals surface area contributed by atoms with Crippen LogP contribution in [0.3, 0.4) is 0 Å². The molecular weight excluding hydrogens is 327 g/mol. The van der Waals surface area contributed by atoms with E-state index in [9.17, 15) is 9.59 Å². The number of carbonyl (C=O) groups excluding carboxylic acids is 1. The topological polar surface area (TPSA) is 78.9 Å². The highest BCUT2D eigenvalue weighted by atomic mass is 35.6. The Morgan fingerprint density at radius 3 is 2.61 bits per heavy atom. The minimum Gasteiger partial charge on any atom is -0.463 e. The fourth-order valence-electron chi connectivity index (χ4n) is 1.41. The first kappa shape index (κ1) is 16.0. The van der Waals surface area contributed by atoms with Crippen molar-refractivity contribution < 1.29 is 19.5 Å². The number of rotatable bonds is 5. The molecule has 0 radical (unpaired) electrons. The highest BCUT2D eigenvalue weighted by Crippen LogP contribution is 2.27. The molecule has 0 aliphatic carbocycles. The number of carbonyl (C=O) groups is 2. The molecule has 1 aliphatic heterocycles. The number of nitrogens with one attached hydrogen (secondary N) is 1. The van der Waals surface area contributed by atoms with Gasteiger partial charge < -0.3 is 10.4 Å². The van der Waals surface area contributed by atoms with Crippen LogP contribution < -0.4 is 5.32 Å². The monoisotopic (exact) mass is 336 g/mol. The first-order chi connectivity index (χ1) is 8.26. The zero-order valence-electron chi connectivity index (χ0n) is 9.23. The van der Waals surface area contributed by atoms with Crippen molar-refractivity contribution in [2.24, 2.45) is 0 Å². The minimum absolute atomic E-state index is 0.307. The minimum atomic E-state index is -1.75. The van der Waals surface area contributed by atoms with E-state index >= 15 is 0 Å². The molecule has 18 heavy (non-hydrogen) atoms. The summed E-state index contributed by atoms with van der Waals surface area (Å²) in [6.07, 6.45) is 0.435. The Labute approximate surface area is 123 Å². The number of nitrogens with zero attached hydrogens (tertiary/aromatic N) is 1. The average Bonchev–Trinajstić information content (AvgIpc) is 2.21. The summed E-state index contributed by atoms with van der Waals surface area (Å²) in [6.45, 7) is -0.459. The maximum atomic E-state index is 11.4. The normalized spacial score (nSPS) is 23.2. The van der Waals surface area contributed by atoms with Crippen LogP contribution in [0.1, 0.15) is 0 Å². The quantitative estimate of drug-likeness (QED) is 0.451. The van der Waals surface area contributed by atoms with Gasteiger partial charge in [0.2, 0.25) is 9.70 Å². The van der Waals surface area contributed by atoms with Gasteiger partial charge in [0.05, 0.1) is 6.04 Å². The first-order valence-electron chi connectivity index (χ1n) is 4.77. The molecule has 0 aromatic heterocycles. The summed E-state index contributed by atoms with van der Waals surface area (Å²) >= 11 is 17.9. The zero-order chi connectivity index (χ0) is 13.9. The lowest BCUT2D eigenvalue weighted by molar-refractivity contribution is -0.185. The lowest BCUT2D eigenvalue weighted by Gasteiger charge is -2.41. The predicted octanol–water partition coefficient (Wildman–Crippen LogP) is 1.50. The van der Waals surface area contributed by atoms with E-state index in [1.807, 2.05) is 6.26 Å². The SMILES string of the molecule is CSCC1NC(=O)C1N(OCC(Cl)(Cl)Cl)C(=O)O. The molecule has 1 saturated heterocycles. The standard InChI is InChI=1S/C8H11Cl3N2O4S/c1-18-2-4-5(6(14)12-4)13(7(15)16)17-3-8(9,10)11/h4-5H,2-3H2,1H3,(H,12,14)(H,15,16). The van der Waals surface area contributed by atoms with Gasteiger partial charge in [-0.25, -0.2) is 4.79 Å².